The Morgan fingerprint density at radius 3 is 2.50 bits per heavy atom. The Morgan fingerprint density at radius 1 is 1.14 bits per heavy atom. The fourth-order valence-corrected chi connectivity index (χ4v) is 3.18. The molecule has 1 aromatic heterocycles. The molecule has 0 aliphatic heterocycles. The summed E-state index contributed by atoms with van der Waals surface area (Å²) in [4.78, 5) is 12.9. The second-order valence-corrected chi connectivity index (χ2v) is 8.46. The van der Waals surface area contributed by atoms with E-state index < -0.39 is 0 Å². The number of rotatable bonds is 5. The van der Waals surface area contributed by atoms with Crippen LogP contribution in [0.2, 0.25) is 0 Å². The predicted octanol–water partition coefficient (Wildman–Crippen LogP) is 5.25. The van der Waals surface area contributed by atoms with Gasteiger partial charge in [0.1, 0.15) is 11.6 Å². The molecule has 0 saturated carbocycles. The number of nitrogens with one attached hydrogen (secondary N) is 1. The van der Waals surface area contributed by atoms with Crippen LogP contribution in [0.3, 0.4) is 0 Å². The lowest BCUT2D eigenvalue weighted by Crippen LogP contribution is -2.17. The minimum Gasteiger partial charge on any atom is -0.497 e. The molecule has 1 N–H and O–H groups in total. The van der Waals surface area contributed by atoms with Crippen LogP contribution in [0, 0.1) is 0 Å². The summed E-state index contributed by atoms with van der Waals surface area (Å²) in [5.41, 5.74) is 2.41. The number of halogens is 1. The van der Waals surface area contributed by atoms with Gasteiger partial charge in [0.2, 0.25) is 0 Å². The van der Waals surface area contributed by atoms with Crippen molar-refractivity contribution in [1.29, 1.82) is 0 Å². The average molecular weight is 442 g/mol. The Balaban J connectivity index is 1.94. The van der Waals surface area contributed by atoms with Gasteiger partial charge in [-0.05, 0) is 39.7 Å². The van der Waals surface area contributed by atoms with E-state index in [1.165, 1.54) is 0 Å². The largest absolute Gasteiger partial charge is 0.497 e. The Hall–Kier alpha value is -2.60. The third kappa shape index (κ3) is 4.62. The molecule has 0 atom stereocenters. The van der Waals surface area contributed by atoms with E-state index in [1.807, 2.05) is 41.1 Å². The number of nitrogens with zero attached hydrogens (tertiary/aromatic N) is 2. The fraction of sp³-hybridized carbons (Fsp3) is 0.273. The number of amides is 1. The van der Waals surface area contributed by atoms with Gasteiger partial charge in [0, 0.05) is 16.0 Å². The Labute approximate surface area is 173 Å². The summed E-state index contributed by atoms with van der Waals surface area (Å²) >= 11 is 3.44. The van der Waals surface area contributed by atoms with Gasteiger partial charge in [-0.1, -0.05) is 51.1 Å². The number of benzene rings is 2. The molecule has 3 rings (SSSR count). The first-order valence-corrected chi connectivity index (χ1v) is 9.84. The van der Waals surface area contributed by atoms with Crippen LogP contribution in [0.15, 0.2) is 59.1 Å². The molecule has 0 unspecified atom stereocenters. The second kappa shape index (κ2) is 8.19. The van der Waals surface area contributed by atoms with Crippen molar-refractivity contribution in [2.45, 2.75) is 32.7 Å². The van der Waals surface area contributed by atoms with E-state index >= 15 is 0 Å². The van der Waals surface area contributed by atoms with Gasteiger partial charge >= 0.3 is 0 Å². The van der Waals surface area contributed by atoms with E-state index in [-0.39, 0.29) is 11.3 Å². The molecule has 6 heteroatoms. The van der Waals surface area contributed by atoms with Gasteiger partial charge in [-0.2, -0.15) is 5.10 Å². The maximum Gasteiger partial charge on any atom is 0.258 e. The van der Waals surface area contributed by atoms with E-state index in [0.29, 0.717) is 28.1 Å². The Morgan fingerprint density at radius 2 is 1.86 bits per heavy atom. The normalized spacial score (nSPS) is 11.3. The third-order valence-corrected chi connectivity index (χ3v) is 5.07. The SMILES string of the molecule is COc1ccc(Br)c(C(=O)Nc2cc(C(C)(C)C)nn2Cc2ccccc2)c1. The van der Waals surface area contributed by atoms with Crippen LogP contribution >= 0.6 is 15.9 Å². The summed E-state index contributed by atoms with van der Waals surface area (Å²) in [6.45, 7) is 6.89. The van der Waals surface area contributed by atoms with Crippen molar-refractivity contribution in [2.75, 3.05) is 12.4 Å². The summed E-state index contributed by atoms with van der Waals surface area (Å²) in [5.74, 6) is 1.07. The molecule has 1 heterocycles. The van der Waals surface area contributed by atoms with Crippen LogP contribution in [-0.2, 0) is 12.0 Å². The molecule has 146 valence electrons. The molecule has 28 heavy (non-hydrogen) atoms. The average Bonchev–Trinajstić information content (AvgIpc) is 3.05. The van der Waals surface area contributed by atoms with Gasteiger partial charge in [0.25, 0.3) is 5.91 Å². The van der Waals surface area contributed by atoms with E-state index in [0.717, 1.165) is 11.3 Å². The van der Waals surface area contributed by atoms with Crippen molar-refractivity contribution in [2.24, 2.45) is 0 Å². The number of methoxy groups -OCH3 is 1. The maximum absolute atomic E-state index is 12.9. The maximum atomic E-state index is 12.9. The van der Waals surface area contributed by atoms with Gasteiger partial charge in [-0.25, -0.2) is 4.68 Å². The predicted molar refractivity (Wildman–Crippen MR) is 115 cm³/mol. The number of carbonyl (C=O) groups excluding carboxylic acids is 1. The molecule has 2 aromatic carbocycles. The summed E-state index contributed by atoms with van der Waals surface area (Å²) in [7, 11) is 1.58. The standard InChI is InChI=1S/C22H24BrN3O2/c1-22(2,3)19-13-20(26(25-19)14-15-8-6-5-7-9-15)24-21(27)17-12-16(28-4)10-11-18(17)23/h5-13H,14H2,1-4H3,(H,24,27). The zero-order valence-corrected chi connectivity index (χ0v) is 18.1. The fourth-order valence-electron chi connectivity index (χ4n) is 2.75. The molecular weight excluding hydrogens is 418 g/mol. The van der Waals surface area contributed by atoms with Crippen molar-refractivity contribution in [3.8, 4) is 5.75 Å². The summed E-state index contributed by atoms with van der Waals surface area (Å²) in [6, 6.07) is 17.3. The highest BCUT2D eigenvalue weighted by molar-refractivity contribution is 9.10. The molecule has 1 amide bonds. The van der Waals surface area contributed by atoms with Crippen LogP contribution in [-0.4, -0.2) is 22.8 Å². The van der Waals surface area contributed by atoms with Crippen molar-refractivity contribution in [3.63, 3.8) is 0 Å². The Bertz CT molecular complexity index is 975. The van der Waals surface area contributed by atoms with Gasteiger partial charge in [0.15, 0.2) is 0 Å². The quantitative estimate of drug-likeness (QED) is 0.587. The first-order chi connectivity index (χ1) is 13.3. The highest BCUT2D eigenvalue weighted by atomic mass is 79.9. The van der Waals surface area contributed by atoms with Gasteiger partial charge in [-0.15, -0.1) is 0 Å². The smallest absolute Gasteiger partial charge is 0.258 e. The van der Waals surface area contributed by atoms with Crippen LogP contribution < -0.4 is 10.1 Å². The van der Waals surface area contributed by atoms with E-state index in [4.69, 9.17) is 9.84 Å². The van der Waals surface area contributed by atoms with Crippen LogP contribution in [0.1, 0.15) is 42.4 Å². The number of hydrogen-bond acceptors (Lipinski definition) is 3. The van der Waals surface area contributed by atoms with Crippen LogP contribution in [0.4, 0.5) is 5.82 Å². The van der Waals surface area contributed by atoms with E-state index in [9.17, 15) is 4.79 Å². The lowest BCUT2D eigenvalue weighted by Gasteiger charge is -2.14. The van der Waals surface area contributed by atoms with Crippen molar-refractivity contribution < 1.29 is 9.53 Å². The second-order valence-electron chi connectivity index (χ2n) is 7.61. The van der Waals surface area contributed by atoms with Crippen molar-refractivity contribution >= 4 is 27.7 Å². The molecule has 0 radical (unpaired) electrons. The molecule has 0 fully saturated rings. The number of ether oxygens (including phenoxy) is 1. The zero-order valence-electron chi connectivity index (χ0n) is 16.5. The number of carbonyl (C=O) groups is 1. The summed E-state index contributed by atoms with van der Waals surface area (Å²) in [5, 5.41) is 7.75. The highest BCUT2D eigenvalue weighted by Crippen LogP contribution is 2.27. The monoisotopic (exact) mass is 441 g/mol. The lowest BCUT2D eigenvalue weighted by atomic mass is 9.92. The van der Waals surface area contributed by atoms with Gasteiger partial charge in [-0.3, -0.25) is 4.79 Å². The molecule has 0 bridgehead atoms. The number of aromatic nitrogens is 2. The zero-order chi connectivity index (χ0) is 20.3. The molecule has 0 aliphatic carbocycles. The third-order valence-electron chi connectivity index (χ3n) is 4.38. The van der Waals surface area contributed by atoms with Gasteiger partial charge in [0.05, 0.1) is 24.9 Å². The molecule has 3 aromatic rings. The first-order valence-electron chi connectivity index (χ1n) is 9.05. The minimum atomic E-state index is -0.222. The summed E-state index contributed by atoms with van der Waals surface area (Å²) < 4.78 is 7.78. The van der Waals surface area contributed by atoms with Crippen molar-refractivity contribution in [3.05, 3.63) is 75.9 Å². The molecule has 0 aliphatic rings. The van der Waals surface area contributed by atoms with Crippen LogP contribution in [0.5, 0.6) is 5.75 Å². The molecule has 0 saturated heterocycles. The number of anilines is 1. The lowest BCUT2D eigenvalue weighted by molar-refractivity contribution is 0.102. The molecule has 0 spiro atoms. The topological polar surface area (TPSA) is 56.1 Å². The summed E-state index contributed by atoms with van der Waals surface area (Å²) in [6.07, 6.45) is 0. The Kier molecular flexibility index (Phi) is 5.89. The van der Waals surface area contributed by atoms with E-state index in [2.05, 4.69) is 42.0 Å². The molecule has 5 nitrogen and oxygen atoms in total. The molecular formula is C22H24BrN3O2. The van der Waals surface area contributed by atoms with Gasteiger partial charge < -0.3 is 10.1 Å². The highest BCUT2D eigenvalue weighted by Gasteiger charge is 2.22. The first kappa shape index (κ1) is 20.1. The number of hydrogen-bond donors (Lipinski definition) is 1. The minimum absolute atomic E-state index is 0.127. The van der Waals surface area contributed by atoms with Crippen LogP contribution in [0.25, 0.3) is 0 Å². The van der Waals surface area contributed by atoms with E-state index in [1.54, 1.807) is 25.3 Å². The van der Waals surface area contributed by atoms with Crippen molar-refractivity contribution in [1.82, 2.24) is 9.78 Å².